The maximum absolute atomic E-state index is 12.9. The lowest BCUT2D eigenvalue weighted by molar-refractivity contribution is -0.130. The van der Waals surface area contributed by atoms with Crippen LogP contribution in [0.5, 0.6) is 5.75 Å². The summed E-state index contributed by atoms with van der Waals surface area (Å²) in [6.07, 6.45) is 0.151. The summed E-state index contributed by atoms with van der Waals surface area (Å²) in [7, 11) is -4.10. The Morgan fingerprint density at radius 1 is 1.17 bits per heavy atom. The number of hydrogen-bond acceptors (Lipinski definition) is 5. The van der Waals surface area contributed by atoms with Crippen LogP contribution in [0.4, 0.5) is 0 Å². The van der Waals surface area contributed by atoms with Crippen LogP contribution in [-0.4, -0.2) is 43.7 Å². The van der Waals surface area contributed by atoms with E-state index >= 15 is 0 Å². The molecule has 2 aromatic rings. The monoisotopic (exact) mass is 436 g/mol. The maximum atomic E-state index is 12.9. The molecule has 1 fully saturated rings. The first-order chi connectivity index (χ1) is 13.8. The fourth-order valence-corrected chi connectivity index (χ4v) is 4.74. The molecule has 1 aliphatic rings. The quantitative estimate of drug-likeness (QED) is 0.673. The zero-order chi connectivity index (χ0) is 21.0. The molecule has 0 unspecified atom stereocenters. The summed E-state index contributed by atoms with van der Waals surface area (Å²) in [4.78, 5) is 24.8. The standard InChI is InChI=1S/C20H21ClN2O5S/c1-14-2-8-17(9-3-14)29(26,27)23-18(10-11-19(23)24)20(25)22-12-13-28-16-6-4-15(21)5-7-16/h2-9,18H,10-13H2,1H3,(H,22,25)/t18-/m1/s1. The number of amides is 2. The molecule has 1 saturated heterocycles. The number of nitrogens with one attached hydrogen (secondary N) is 1. The van der Waals surface area contributed by atoms with Gasteiger partial charge in [-0.05, 0) is 49.7 Å². The molecule has 2 amide bonds. The molecule has 2 aromatic carbocycles. The third-order valence-electron chi connectivity index (χ3n) is 4.52. The third-order valence-corrected chi connectivity index (χ3v) is 6.62. The molecule has 0 spiro atoms. The highest BCUT2D eigenvalue weighted by molar-refractivity contribution is 7.89. The van der Waals surface area contributed by atoms with Crippen LogP contribution in [0.25, 0.3) is 0 Å². The van der Waals surface area contributed by atoms with E-state index in [0.717, 1.165) is 5.56 Å². The number of nitrogens with zero attached hydrogens (tertiary/aromatic N) is 1. The van der Waals surface area contributed by atoms with Gasteiger partial charge >= 0.3 is 0 Å². The highest BCUT2D eigenvalue weighted by Gasteiger charge is 2.44. The number of carbonyl (C=O) groups excluding carboxylic acids is 2. The molecule has 0 radical (unpaired) electrons. The van der Waals surface area contributed by atoms with Crippen LogP contribution in [0, 0.1) is 6.92 Å². The Morgan fingerprint density at radius 2 is 1.83 bits per heavy atom. The Hall–Kier alpha value is -2.58. The predicted octanol–water partition coefficient (Wildman–Crippen LogP) is 2.52. The molecule has 1 atom stereocenters. The van der Waals surface area contributed by atoms with Crippen LogP contribution in [0.2, 0.25) is 5.02 Å². The number of benzene rings is 2. The van der Waals surface area contributed by atoms with E-state index in [9.17, 15) is 18.0 Å². The van der Waals surface area contributed by atoms with Crippen molar-refractivity contribution in [2.24, 2.45) is 0 Å². The molecule has 7 nitrogen and oxygen atoms in total. The van der Waals surface area contributed by atoms with Gasteiger partial charge in [0.15, 0.2) is 0 Å². The molecule has 0 aromatic heterocycles. The number of carbonyl (C=O) groups is 2. The number of aryl methyl sites for hydroxylation is 1. The molecule has 3 rings (SSSR count). The molecule has 0 saturated carbocycles. The van der Waals surface area contributed by atoms with Gasteiger partial charge in [-0.25, -0.2) is 12.7 Å². The van der Waals surface area contributed by atoms with E-state index in [0.29, 0.717) is 15.1 Å². The Kier molecular flexibility index (Phi) is 6.44. The minimum absolute atomic E-state index is 0.00442. The topological polar surface area (TPSA) is 92.8 Å². The van der Waals surface area contributed by atoms with Crippen molar-refractivity contribution in [1.29, 1.82) is 0 Å². The summed E-state index contributed by atoms with van der Waals surface area (Å²) < 4.78 is 32.0. The Balaban J connectivity index is 1.62. The van der Waals surface area contributed by atoms with Gasteiger partial charge in [0.05, 0.1) is 11.4 Å². The van der Waals surface area contributed by atoms with Crippen molar-refractivity contribution >= 4 is 33.4 Å². The van der Waals surface area contributed by atoms with E-state index in [1.54, 1.807) is 36.4 Å². The van der Waals surface area contributed by atoms with Crippen molar-refractivity contribution in [3.63, 3.8) is 0 Å². The van der Waals surface area contributed by atoms with E-state index in [1.165, 1.54) is 12.1 Å². The summed E-state index contributed by atoms with van der Waals surface area (Å²) >= 11 is 5.81. The molecular formula is C20H21ClN2O5S. The fraction of sp³-hybridized carbons (Fsp3) is 0.300. The number of halogens is 1. The van der Waals surface area contributed by atoms with Crippen LogP contribution in [0.1, 0.15) is 18.4 Å². The van der Waals surface area contributed by atoms with Crippen molar-refractivity contribution < 1.29 is 22.7 Å². The molecule has 1 heterocycles. The van der Waals surface area contributed by atoms with Crippen LogP contribution < -0.4 is 10.1 Å². The van der Waals surface area contributed by atoms with Crippen molar-refractivity contribution in [3.8, 4) is 5.75 Å². The highest BCUT2D eigenvalue weighted by atomic mass is 35.5. The summed E-state index contributed by atoms with van der Waals surface area (Å²) in [5.74, 6) is -0.502. The van der Waals surface area contributed by atoms with Gasteiger partial charge in [0, 0.05) is 11.4 Å². The first-order valence-corrected chi connectivity index (χ1v) is 10.9. The third kappa shape index (κ3) is 4.89. The minimum atomic E-state index is -4.10. The number of ether oxygens (including phenoxy) is 1. The van der Waals surface area contributed by atoms with Gasteiger partial charge in [-0.3, -0.25) is 9.59 Å². The molecule has 9 heteroatoms. The van der Waals surface area contributed by atoms with E-state index in [-0.39, 0.29) is 30.9 Å². The average Bonchev–Trinajstić information content (AvgIpc) is 3.09. The smallest absolute Gasteiger partial charge is 0.267 e. The number of rotatable bonds is 7. The molecule has 29 heavy (non-hydrogen) atoms. The first kappa shape index (κ1) is 21.1. The van der Waals surface area contributed by atoms with E-state index in [2.05, 4.69) is 5.32 Å². The maximum Gasteiger partial charge on any atom is 0.267 e. The van der Waals surface area contributed by atoms with Gasteiger partial charge < -0.3 is 10.1 Å². The van der Waals surface area contributed by atoms with Gasteiger partial charge in [0.1, 0.15) is 18.4 Å². The molecule has 1 N–H and O–H groups in total. The summed E-state index contributed by atoms with van der Waals surface area (Å²) in [5, 5.41) is 3.23. The average molecular weight is 437 g/mol. The van der Waals surface area contributed by atoms with Gasteiger partial charge in [-0.15, -0.1) is 0 Å². The van der Waals surface area contributed by atoms with Gasteiger partial charge in [0.2, 0.25) is 11.8 Å². The lowest BCUT2D eigenvalue weighted by atomic mass is 10.2. The van der Waals surface area contributed by atoms with E-state index in [4.69, 9.17) is 16.3 Å². The molecule has 0 bridgehead atoms. The Morgan fingerprint density at radius 3 is 2.48 bits per heavy atom. The zero-order valence-corrected chi connectivity index (χ0v) is 17.4. The second-order valence-corrected chi connectivity index (χ2v) is 8.91. The van der Waals surface area contributed by atoms with Crippen molar-refractivity contribution in [1.82, 2.24) is 9.62 Å². The first-order valence-electron chi connectivity index (χ1n) is 9.09. The van der Waals surface area contributed by atoms with Crippen LogP contribution in [-0.2, 0) is 19.6 Å². The zero-order valence-electron chi connectivity index (χ0n) is 15.8. The summed E-state index contributed by atoms with van der Waals surface area (Å²) in [6, 6.07) is 11.9. The fourth-order valence-electron chi connectivity index (χ4n) is 3.02. The Labute approximate surface area is 174 Å². The second kappa shape index (κ2) is 8.84. The lowest BCUT2D eigenvalue weighted by Crippen LogP contribution is -2.48. The predicted molar refractivity (Wildman–Crippen MR) is 108 cm³/mol. The van der Waals surface area contributed by atoms with Crippen LogP contribution in [0.15, 0.2) is 53.4 Å². The summed E-state index contributed by atoms with van der Waals surface area (Å²) in [5.41, 5.74) is 0.895. The van der Waals surface area contributed by atoms with Crippen LogP contribution in [0.3, 0.4) is 0 Å². The Bertz CT molecular complexity index is 991. The molecule has 1 aliphatic heterocycles. The van der Waals surface area contributed by atoms with E-state index in [1.807, 2.05) is 6.92 Å². The van der Waals surface area contributed by atoms with Gasteiger partial charge in [-0.2, -0.15) is 0 Å². The number of sulfonamides is 1. The lowest BCUT2D eigenvalue weighted by Gasteiger charge is -2.23. The van der Waals surface area contributed by atoms with Gasteiger partial charge in [0.25, 0.3) is 10.0 Å². The molecular weight excluding hydrogens is 416 g/mol. The minimum Gasteiger partial charge on any atom is -0.492 e. The van der Waals surface area contributed by atoms with E-state index < -0.39 is 27.9 Å². The normalized spacial score (nSPS) is 16.7. The highest BCUT2D eigenvalue weighted by Crippen LogP contribution is 2.27. The van der Waals surface area contributed by atoms with Crippen molar-refractivity contribution in [2.45, 2.75) is 30.7 Å². The molecule has 154 valence electrons. The summed E-state index contributed by atoms with van der Waals surface area (Å²) in [6.45, 7) is 2.20. The van der Waals surface area contributed by atoms with Crippen molar-refractivity contribution in [2.75, 3.05) is 13.2 Å². The number of hydrogen-bond donors (Lipinski definition) is 1. The second-order valence-electron chi connectivity index (χ2n) is 6.66. The van der Waals surface area contributed by atoms with Gasteiger partial charge in [-0.1, -0.05) is 29.3 Å². The SMILES string of the molecule is Cc1ccc(S(=O)(=O)N2C(=O)CC[C@@H]2C(=O)NCCOc2ccc(Cl)cc2)cc1. The van der Waals surface area contributed by atoms with Crippen molar-refractivity contribution in [3.05, 3.63) is 59.1 Å². The largest absolute Gasteiger partial charge is 0.492 e. The van der Waals surface area contributed by atoms with Crippen LogP contribution >= 0.6 is 11.6 Å². The molecule has 0 aliphatic carbocycles.